The molecule has 1 amide bonds. The van der Waals surface area contributed by atoms with E-state index >= 15 is 0 Å². The third kappa shape index (κ3) is 3.11. The first kappa shape index (κ1) is 13.4. The van der Waals surface area contributed by atoms with Crippen molar-refractivity contribution in [1.29, 1.82) is 0 Å². The number of nitrogens with zero attached hydrogens (tertiary/aromatic N) is 1. The molecule has 0 fully saturated rings. The summed E-state index contributed by atoms with van der Waals surface area (Å²) in [6, 6.07) is 8.19. The summed E-state index contributed by atoms with van der Waals surface area (Å²) in [6.45, 7) is 0.624. The highest BCUT2D eigenvalue weighted by molar-refractivity contribution is 5.96. The van der Waals surface area contributed by atoms with Crippen molar-refractivity contribution in [3.05, 3.63) is 60.0 Å². The average Bonchev–Trinajstić information content (AvgIpc) is 2.74. The lowest BCUT2D eigenvalue weighted by atomic mass is 10.1. The fraction of sp³-hybridized carbons (Fsp3) is 0.176. The minimum atomic E-state index is -0.0205. The van der Waals surface area contributed by atoms with Crippen molar-refractivity contribution in [2.45, 2.75) is 12.8 Å². The largest absolute Gasteiger partial charge is 0.361 e. The number of carbonyl (C=O) groups is 1. The Morgan fingerprint density at radius 3 is 3.19 bits per heavy atom. The van der Waals surface area contributed by atoms with E-state index in [9.17, 15) is 4.79 Å². The quantitative estimate of drug-likeness (QED) is 0.888. The Kier molecular flexibility index (Phi) is 3.96. The summed E-state index contributed by atoms with van der Waals surface area (Å²) in [5.41, 5.74) is 3.10. The van der Waals surface area contributed by atoms with E-state index < -0.39 is 0 Å². The van der Waals surface area contributed by atoms with Crippen molar-refractivity contribution in [1.82, 2.24) is 10.3 Å². The monoisotopic (exact) mass is 279 g/mol. The molecule has 0 aliphatic carbocycles. The summed E-state index contributed by atoms with van der Waals surface area (Å²) in [5.74, 6) is -0.0205. The second-order valence-electron chi connectivity index (χ2n) is 4.93. The van der Waals surface area contributed by atoms with Crippen molar-refractivity contribution in [2.24, 2.45) is 4.99 Å². The fourth-order valence-corrected chi connectivity index (χ4v) is 2.42. The summed E-state index contributed by atoms with van der Waals surface area (Å²) in [7, 11) is 0. The number of fused-ring (bicyclic) bond motifs is 1. The molecule has 2 aromatic rings. The van der Waals surface area contributed by atoms with Crippen LogP contribution in [0.2, 0.25) is 0 Å². The molecular formula is C17H17N3O. The van der Waals surface area contributed by atoms with Crippen LogP contribution in [-0.4, -0.2) is 23.7 Å². The van der Waals surface area contributed by atoms with Gasteiger partial charge < -0.3 is 10.3 Å². The molecule has 1 aromatic carbocycles. The minimum Gasteiger partial charge on any atom is -0.361 e. The number of amides is 1. The summed E-state index contributed by atoms with van der Waals surface area (Å²) in [5, 5.41) is 4.18. The van der Waals surface area contributed by atoms with E-state index in [1.165, 1.54) is 10.9 Å². The summed E-state index contributed by atoms with van der Waals surface area (Å²) >= 11 is 0. The number of aliphatic imine (C=N–C) groups is 1. The SMILES string of the molecule is O=C(NCCc1c[nH]c2ccccc12)C1=CC=CN=CC1. The number of H-pyrrole nitrogens is 1. The number of nitrogens with one attached hydrogen (secondary N) is 2. The maximum Gasteiger partial charge on any atom is 0.247 e. The number of rotatable bonds is 4. The van der Waals surface area contributed by atoms with Crippen LogP contribution in [0.15, 0.2) is 59.4 Å². The number of para-hydroxylation sites is 1. The van der Waals surface area contributed by atoms with Crippen LogP contribution in [0.1, 0.15) is 12.0 Å². The Balaban J connectivity index is 1.59. The predicted molar refractivity (Wildman–Crippen MR) is 85.3 cm³/mol. The molecule has 0 radical (unpaired) electrons. The van der Waals surface area contributed by atoms with Crippen molar-refractivity contribution >= 4 is 23.0 Å². The van der Waals surface area contributed by atoms with E-state index in [1.807, 2.05) is 24.4 Å². The number of allylic oxidation sites excluding steroid dienone is 2. The molecule has 0 saturated heterocycles. The number of hydrogen-bond acceptors (Lipinski definition) is 2. The summed E-state index contributed by atoms with van der Waals surface area (Å²) in [6.07, 6.45) is 10.4. The molecule has 1 aliphatic rings. The molecule has 0 atom stereocenters. The van der Waals surface area contributed by atoms with Crippen LogP contribution >= 0.6 is 0 Å². The lowest BCUT2D eigenvalue weighted by Crippen LogP contribution is -2.27. The molecule has 1 aromatic heterocycles. The number of carbonyl (C=O) groups excluding carboxylic acids is 1. The number of aromatic nitrogens is 1. The third-order valence-corrected chi connectivity index (χ3v) is 3.53. The van der Waals surface area contributed by atoms with Gasteiger partial charge in [0.1, 0.15) is 0 Å². The predicted octanol–water partition coefficient (Wildman–Crippen LogP) is 2.74. The molecule has 4 heteroatoms. The van der Waals surface area contributed by atoms with E-state index in [1.54, 1.807) is 18.5 Å². The van der Waals surface area contributed by atoms with Crippen molar-refractivity contribution < 1.29 is 4.79 Å². The van der Waals surface area contributed by atoms with E-state index in [-0.39, 0.29) is 5.91 Å². The maximum atomic E-state index is 12.1. The minimum absolute atomic E-state index is 0.0205. The van der Waals surface area contributed by atoms with Crippen molar-refractivity contribution in [3.8, 4) is 0 Å². The highest BCUT2D eigenvalue weighted by atomic mass is 16.1. The first-order valence-electron chi connectivity index (χ1n) is 7.05. The highest BCUT2D eigenvalue weighted by Crippen LogP contribution is 2.17. The highest BCUT2D eigenvalue weighted by Gasteiger charge is 2.08. The van der Waals surface area contributed by atoms with Gasteiger partial charge in [-0.15, -0.1) is 0 Å². The zero-order valence-electron chi connectivity index (χ0n) is 11.7. The molecule has 3 rings (SSSR count). The van der Waals surface area contributed by atoms with Gasteiger partial charge in [0, 0.05) is 48.1 Å². The van der Waals surface area contributed by atoms with Gasteiger partial charge >= 0.3 is 0 Å². The molecule has 106 valence electrons. The molecular weight excluding hydrogens is 262 g/mol. The van der Waals surface area contributed by atoms with Crippen LogP contribution in [0.4, 0.5) is 0 Å². The van der Waals surface area contributed by atoms with E-state index in [4.69, 9.17) is 0 Å². The Morgan fingerprint density at radius 2 is 2.24 bits per heavy atom. The normalized spacial score (nSPS) is 14.0. The van der Waals surface area contributed by atoms with Gasteiger partial charge in [-0.25, -0.2) is 0 Å². The van der Waals surface area contributed by atoms with Gasteiger partial charge in [0.05, 0.1) is 0 Å². The molecule has 0 saturated carbocycles. The van der Waals surface area contributed by atoms with E-state index in [0.717, 1.165) is 17.5 Å². The van der Waals surface area contributed by atoms with Gasteiger partial charge in [-0.1, -0.05) is 24.3 Å². The van der Waals surface area contributed by atoms with Gasteiger partial charge in [0.15, 0.2) is 0 Å². The van der Waals surface area contributed by atoms with Crippen LogP contribution in [0, 0.1) is 0 Å². The summed E-state index contributed by atoms with van der Waals surface area (Å²) < 4.78 is 0. The van der Waals surface area contributed by atoms with E-state index in [0.29, 0.717) is 13.0 Å². The first-order chi connectivity index (χ1) is 10.3. The smallest absolute Gasteiger partial charge is 0.247 e. The van der Waals surface area contributed by atoms with Crippen LogP contribution < -0.4 is 5.32 Å². The van der Waals surface area contributed by atoms with Crippen LogP contribution in [0.5, 0.6) is 0 Å². The molecule has 0 unspecified atom stereocenters. The lowest BCUT2D eigenvalue weighted by Gasteiger charge is -2.06. The Bertz CT molecular complexity index is 737. The van der Waals surface area contributed by atoms with Gasteiger partial charge in [-0.3, -0.25) is 9.79 Å². The number of hydrogen-bond donors (Lipinski definition) is 2. The summed E-state index contributed by atoms with van der Waals surface area (Å²) in [4.78, 5) is 19.3. The number of benzene rings is 1. The fourth-order valence-electron chi connectivity index (χ4n) is 2.42. The Morgan fingerprint density at radius 1 is 1.33 bits per heavy atom. The number of aromatic amines is 1. The second kappa shape index (κ2) is 6.22. The van der Waals surface area contributed by atoms with E-state index in [2.05, 4.69) is 27.4 Å². The average molecular weight is 279 g/mol. The first-order valence-corrected chi connectivity index (χ1v) is 7.05. The molecule has 0 spiro atoms. The van der Waals surface area contributed by atoms with Crippen molar-refractivity contribution in [3.63, 3.8) is 0 Å². The van der Waals surface area contributed by atoms with Gasteiger partial charge in [0.2, 0.25) is 5.91 Å². The molecule has 4 nitrogen and oxygen atoms in total. The van der Waals surface area contributed by atoms with Crippen LogP contribution in [-0.2, 0) is 11.2 Å². The Hall–Kier alpha value is -2.62. The zero-order valence-corrected chi connectivity index (χ0v) is 11.7. The second-order valence-corrected chi connectivity index (χ2v) is 4.93. The third-order valence-electron chi connectivity index (χ3n) is 3.53. The zero-order chi connectivity index (χ0) is 14.5. The van der Waals surface area contributed by atoms with Gasteiger partial charge in [-0.2, -0.15) is 0 Å². The van der Waals surface area contributed by atoms with Gasteiger partial charge in [-0.05, 0) is 24.1 Å². The van der Waals surface area contributed by atoms with Crippen LogP contribution in [0.25, 0.3) is 10.9 Å². The van der Waals surface area contributed by atoms with Crippen LogP contribution in [0.3, 0.4) is 0 Å². The topological polar surface area (TPSA) is 57.2 Å². The molecule has 0 bridgehead atoms. The molecule has 2 N–H and O–H groups in total. The van der Waals surface area contributed by atoms with Crippen molar-refractivity contribution in [2.75, 3.05) is 6.54 Å². The molecule has 2 heterocycles. The standard InChI is InChI=1S/C17H17N3O/c21-17(13-4-3-9-18-10-7-13)19-11-8-14-12-20-16-6-2-1-5-15(14)16/h1-6,9-10,12,20H,7-8,11H2,(H,19,21). The molecule has 21 heavy (non-hydrogen) atoms. The maximum absolute atomic E-state index is 12.1. The molecule has 1 aliphatic heterocycles. The Labute approximate surface area is 123 Å². The lowest BCUT2D eigenvalue weighted by molar-refractivity contribution is -0.117. The van der Waals surface area contributed by atoms with Gasteiger partial charge in [0.25, 0.3) is 0 Å².